The molecule has 0 radical (unpaired) electrons. The van der Waals surface area contributed by atoms with Crippen LogP contribution in [0.4, 0.5) is 5.69 Å². The lowest BCUT2D eigenvalue weighted by Gasteiger charge is -2.13. The average molecular weight is 436 g/mol. The number of carboxylic acid groups (broad SMARTS) is 1. The second-order valence-corrected chi connectivity index (χ2v) is 7.57. The number of carboxylic acids is 1. The zero-order chi connectivity index (χ0) is 21.1. The van der Waals surface area contributed by atoms with Crippen LogP contribution in [-0.2, 0) is 22.5 Å². The number of hydrogen-bond donors (Lipinski definition) is 2. The van der Waals surface area contributed by atoms with Crippen molar-refractivity contribution in [3.8, 4) is 0 Å². The lowest BCUT2D eigenvalue weighted by atomic mass is 10.2. The maximum absolute atomic E-state index is 13.0. The molecule has 8 nitrogen and oxygen atoms in total. The molecule has 0 saturated heterocycles. The van der Waals surface area contributed by atoms with E-state index in [0.29, 0.717) is 34.4 Å². The number of anilines is 1. The third-order valence-corrected chi connectivity index (χ3v) is 5.57. The molecular formula is C19H18ClN3O5S. The zero-order valence-electron chi connectivity index (χ0n) is 15.7. The summed E-state index contributed by atoms with van der Waals surface area (Å²) >= 11 is 7.16. The van der Waals surface area contributed by atoms with Crippen LogP contribution in [0.1, 0.15) is 21.7 Å². The van der Waals surface area contributed by atoms with Crippen molar-refractivity contribution in [3.05, 3.63) is 55.9 Å². The number of carbonyl (C=O) groups is 2. The number of aryl methyl sites for hydroxylation is 1. The van der Waals surface area contributed by atoms with Gasteiger partial charge in [-0.15, -0.1) is 11.3 Å². The third kappa shape index (κ3) is 4.47. The van der Waals surface area contributed by atoms with E-state index in [1.165, 1.54) is 17.1 Å². The fourth-order valence-electron chi connectivity index (χ4n) is 2.79. The van der Waals surface area contributed by atoms with Gasteiger partial charge < -0.3 is 15.2 Å². The van der Waals surface area contributed by atoms with E-state index in [0.717, 1.165) is 16.9 Å². The van der Waals surface area contributed by atoms with Crippen molar-refractivity contribution in [2.75, 3.05) is 19.0 Å². The third-order valence-electron chi connectivity index (χ3n) is 4.29. The molecule has 3 rings (SSSR count). The average Bonchev–Trinajstić information content (AvgIpc) is 3.10. The normalized spacial score (nSPS) is 11.0. The Morgan fingerprint density at radius 3 is 2.79 bits per heavy atom. The van der Waals surface area contributed by atoms with Crippen molar-refractivity contribution in [1.82, 2.24) is 9.55 Å². The first kappa shape index (κ1) is 21.0. The van der Waals surface area contributed by atoms with Crippen LogP contribution in [0.15, 0.2) is 28.4 Å². The Kier molecular flexibility index (Phi) is 6.31. The van der Waals surface area contributed by atoms with Gasteiger partial charge in [-0.25, -0.2) is 9.78 Å². The summed E-state index contributed by atoms with van der Waals surface area (Å²) in [5.41, 5.74) is 0.668. The molecular weight excluding hydrogens is 418 g/mol. The molecule has 29 heavy (non-hydrogen) atoms. The number of amides is 1. The fraction of sp³-hybridized carbons (Fsp3) is 0.263. The van der Waals surface area contributed by atoms with Gasteiger partial charge in [-0.3, -0.25) is 14.2 Å². The number of methoxy groups -OCH3 is 1. The van der Waals surface area contributed by atoms with Gasteiger partial charge in [0.15, 0.2) is 0 Å². The topological polar surface area (TPSA) is 111 Å². The first-order valence-corrected chi connectivity index (χ1v) is 9.86. The largest absolute Gasteiger partial charge is 0.478 e. The van der Waals surface area contributed by atoms with Gasteiger partial charge in [-0.05, 0) is 24.6 Å². The molecule has 2 heterocycles. The maximum atomic E-state index is 13.0. The highest BCUT2D eigenvalue weighted by Gasteiger charge is 2.20. The van der Waals surface area contributed by atoms with Crippen LogP contribution in [0.3, 0.4) is 0 Å². The van der Waals surface area contributed by atoms with Crippen LogP contribution in [0, 0.1) is 6.92 Å². The second-order valence-electron chi connectivity index (χ2n) is 6.31. The summed E-state index contributed by atoms with van der Waals surface area (Å²) in [4.78, 5) is 41.7. The van der Waals surface area contributed by atoms with E-state index in [9.17, 15) is 19.5 Å². The van der Waals surface area contributed by atoms with Crippen molar-refractivity contribution >= 4 is 50.7 Å². The molecule has 0 unspecified atom stereocenters. The minimum Gasteiger partial charge on any atom is -0.478 e. The van der Waals surface area contributed by atoms with Crippen LogP contribution in [-0.4, -0.2) is 40.3 Å². The Morgan fingerprint density at radius 2 is 2.14 bits per heavy atom. The van der Waals surface area contributed by atoms with E-state index in [4.69, 9.17) is 16.3 Å². The number of thiophene rings is 1. The lowest BCUT2D eigenvalue weighted by Crippen LogP contribution is -2.32. The number of ether oxygens (including phenoxy) is 1. The predicted molar refractivity (Wildman–Crippen MR) is 111 cm³/mol. The Balaban J connectivity index is 1.98. The van der Waals surface area contributed by atoms with Gasteiger partial charge in [0.25, 0.3) is 5.56 Å². The minimum absolute atomic E-state index is 0.00477. The van der Waals surface area contributed by atoms with Gasteiger partial charge in [0, 0.05) is 29.6 Å². The molecule has 10 heteroatoms. The molecule has 2 aromatic heterocycles. The summed E-state index contributed by atoms with van der Waals surface area (Å²) in [5, 5.41) is 13.9. The highest BCUT2D eigenvalue weighted by Crippen LogP contribution is 2.22. The number of benzene rings is 1. The Morgan fingerprint density at radius 1 is 1.38 bits per heavy atom. The molecule has 2 N–H and O–H groups in total. The number of aromatic nitrogens is 2. The SMILES string of the molecule is COCCc1nc2scc(C(=O)O)c2c(=O)n1CC(=O)Nc1ccc(C)c(Cl)c1. The molecule has 1 aromatic carbocycles. The van der Waals surface area contributed by atoms with Gasteiger partial charge >= 0.3 is 5.97 Å². The highest BCUT2D eigenvalue weighted by atomic mass is 35.5. The number of nitrogens with one attached hydrogen (secondary N) is 1. The zero-order valence-corrected chi connectivity index (χ0v) is 17.3. The number of fused-ring (bicyclic) bond motifs is 1. The van der Waals surface area contributed by atoms with Crippen molar-refractivity contribution in [1.29, 1.82) is 0 Å². The summed E-state index contributed by atoms with van der Waals surface area (Å²) in [6.45, 7) is 1.82. The molecule has 0 aliphatic rings. The van der Waals surface area contributed by atoms with Crippen molar-refractivity contribution in [2.24, 2.45) is 0 Å². The van der Waals surface area contributed by atoms with Gasteiger partial charge in [0.2, 0.25) is 5.91 Å². The number of nitrogens with zero attached hydrogens (tertiary/aromatic N) is 2. The van der Waals surface area contributed by atoms with Crippen LogP contribution in [0.5, 0.6) is 0 Å². The summed E-state index contributed by atoms with van der Waals surface area (Å²) < 4.78 is 6.25. The van der Waals surface area contributed by atoms with E-state index < -0.39 is 17.4 Å². The summed E-state index contributed by atoms with van der Waals surface area (Å²) in [5.74, 6) is -1.33. The summed E-state index contributed by atoms with van der Waals surface area (Å²) in [6.07, 6.45) is 0.297. The van der Waals surface area contributed by atoms with E-state index in [1.54, 1.807) is 18.2 Å². The van der Waals surface area contributed by atoms with Crippen molar-refractivity contribution < 1.29 is 19.4 Å². The van der Waals surface area contributed by atoms with E-state index in [-0.39, 0.29) is 17.5 Å². The first-order chi connectivity index (χ1) is 13.8. The standard InChI is InChI=1S/C19H18ClN3O5S/c1-10-3-4-11(7-13(10)20)21-15(24)8-23-14(5-6-28-2)22-17-16(18(23)25)12(9-29-17)19(26)27/h3-4,7,9H,5-6,8H2,1-2H3,(H,21,24)(H,26,27). The summed E-state index contributed by atoms with van der Waals surface area (Å²) in [6, 6.07) is 5.09. The molecule has 0 fully saturated rings. The Labute approximate surface area is 174 Å². The molecule has 0 spiro atoms. The molecule has 0 aliphatic carbocycles. The van der Waals surface area contributed by atoms with Crippen molar-refractivity contribution in [3.63, 3.8) is 0 Å². The van der Waals surface area contributed by atoms with Crippen LogP contribution >= 0.6 is 22.9 Å². The van der Waals surface area contributed by atoms with E-state index >= 15 is 0 Å². The second kappa shape index (κ2) is 8.73. The number of aromatic carboxylic acids is 1. The molecule has 3 aromatic rings. The monoisotopic (exact) mass is 435 g/mol. The molecule has 1 amide bonds. The molecule has 0 atom stereocenters. The molecule has 0 saturated carbocycles. The first-order valence-electron chi connectivity index (χ1n) is 8.61. The molecule has 152 valence electrons. The van der Waals surface area contributed by atoms with E-state index in [1.807, 2.05) is 6.92 Å². The van der Waals surface area contributed by atoms with Crippen LogP contribution < -0.4 is 10.9 Å². The van der Waals surface area contributed by atoms with Crippen LogP contribution in [0.2, 0.25) is 5.02 Å². The lowest BCUT2D eigenvalue weighted by molar-refractivity contribution is -0.116. The maximum Gasteiger partial charge on any atom is 0.337 e. The predicted octanol–water partition coefficient (Wildman–Crippen LogP) is 2.95. The van der Waals surface area contributed by atoms with Gasteiger partial charge in [-0.1, -0.05) is 17.7 Å². The minimum atomic E-state index is -1.22. The highest BCUT2D eigenvalue weighted by molar-refractivity contribution is 7.17. The number of rotatable bonds is 7. The van der Waals surface area contributed by atoms with Gasteiger partial charge in [-0.2, -0.15) is 0 Å². The fourth-order valence-corrected chi connectivity index (χ4v) is 3.89. The quantitative estimate of drug-likeness (QED) is 0.590. The van der Waals surface area contributed by atoms with Gasteiger partial charge in [0.05, 0.1) is 17.6 Å². The van der Waals surface area contributed by atoms with Gasteiger partial charge in [0.1, 0.15) is 17.2 Å². The molecule has 0 bridgehead atoms. The number of hydrogen-bond acceptors (Lipinski definition) is 6. The summed E-state index contributed by atoms with van der Waals surface area (Å²) in [7, 11) is 1.52. The smallest absolute Gasteiger partial charge is 0.337 e. The number of carbonyl (C=O) groups excluding carboxylic acids is 1. The van der Waals surface area contributed by atoms with Crippen molar-refractivity contribution in [2.45, 2.75) is 19.9 Å². The Hall–Kier alpha value is -2.75. The van der Waals surface area contributed by atoms with E-state index in [2.05, 4.69) is 10.3 Å². The molecule has 0 aliphatic heterocycles. The number of halogens is 1. The Bertz CT molecular complexity index is 1150. The van der Waals surface area contributed by atoms with Crippen LogP contribution in [0.25, 0.3) is 10.2 Å².